The van der Waals surface area contributed by atoms with E-state index >= 15 is 0 Å². The largest absolute Gasteiger partial charge is 0.356 e. The molecule has 2 unspecified atom stereocenters. The number of nitrogens with zero attached hydrogens (tertiary/aromatic N) is 5. The van der Waals surface area contributed by atoms with E-state index in [4.69, 9.17) is 0 Å². The molecule has 0 aromatic carbocycles. The molecule has 6 rings (SSSR count). The fourth-order valence-corrected chi connectivity index (χ4v) is 5.71. The van der Waals surface area contributed by atoms with Gasteiger partial charge in [0, 0.05) is 36.4 Å². The van der Waals surface area contributed by atoms with Crippen LogP contribution in [0.15, 0.2) is 30.6 Å². The number of alkyl halides is 2. The van der Waals surface area contributed by atoms with Gasteiger partial charge >= 0.3 is 0 Å². The molecule has 3 aromatic rings. The smallest absolute Gasteiger partial charge is 0.258 e. The Bertz CT molecular complexity index is 1320. The minimum atomic E-state index is -2.49. The number of carbonyl (C=O) groups excluding carboxylic acids is 1. The average Bonchev–Trinajstić information content (AvgIpc) is 3.36. The van der Waals surface area contributed by atoms with Gasteiger partial charge in [-0.1, -0.05) is 6.07 Å². The van der Waals surface area contributed by atoms with Gasteiger partial charge in [0.1, 0.15) is 5.82 Å². The maximum atomic E-state index is 13.5. The van der Waals surface area contributed by atoms with Gasteiger partial charge in [0.05, 0.1) is 36.2 Å². The first kappa shape index (κ1) is 22.1. The number of amides is 1. The molecule has 1 amide bonds. The van der Waals surface area contributed by atoms with Crippen LogP contribution in [0.4, 0.5) is 14.6 Å². The zero-order valence-electron chi connectivity index (χ0n) is 20.1. The Labute approximate surface area is 202 Å². The first-order valence-corrected chi connectivity index (χ1v) is 12.1. The molecule has 3 aromatic heterocycles. The summed E-state index contributed by atoms with van der Waals surface area (Å²) in [4.78, 5) is 24.1. The molecule has 1 saturated heterocycles. The quantitative estimate of drug-likeness (QED) is 0.604. The molecule has 1 N–H and O–H groups in total. The van der Waals surface area contributed by atoms with Crippen molar-refractivity contribution in [3.63, 3.8) is 0 Å². The number of aryl methyl sites for hydroxylation is 3. The normalized spacial score (nSPS) is 23.8. The molecular weight excluding hydrogens is 450 g/mol. The fourth-order valence-electron chi connectivity index (χ4n) is 5.71. The molecule has 7 nitrogen and oxygen atoms in total. The number of hydrogen-bond donors (Lipinski definition) is 1. The lowest BCUT2D eigenvalue weighted by Gasteiger charge is -2.21. The van der Waals surface area contributed by atoms with Gasteiger partial charge in [-0.25, -0.2) is 13.8 Å². The van der Waals surface area contributed by atoms with Gasteiger partial charge in [0.2, 0.25) is 0 Å². The van der Waals surface area contributed by atoms with Crippen molar-refractivity contribution in [1.82, 2.24) is 25.1 Å². The highest BCUT2D eigenvalue weighted by Gasteiger charge is 2.71. The molecule has 3 atom stereocenters. The van der Waals surface area contributed by atoms with Gasteiger partial charge in [0.25, 0.3) is 11.8 Å². The van der Waals surface area contributed by atoms with E-state index in [0.717, 1.165) is 46.9 Å². The number of pyridine rings is 2. The molecule has 0 spiro atoms. The minimum Gasteiger partial charge on any atom is -0.356 e. The maximum absolute atomic E-state index is 13.5. The van der Waals surface area contributed by atoms with Crippen LogP contribution in [0.5, 0.6) is 0 Å². The van der Waals surface area contributed by atoms with Crippen molar-refractivity contribution in [2.45, 2.75) is 52.1 Å². The molecule has 9 heteroatoms. The minimum absolute atomic E-state index is 0.0168. The molecule has 35 heavy (non-hydrogen) atoms. The van der Waals surface area contributed by atoms with Gasteiger partial charge in [0.15, 0.2) is 0 Å². The zero-order chi connectivity index (χ0) is 24.5. The summed E-state index contributed by atoms with van der Waals surface area (Å²) in [5, 5.41) is 7.53. The topological polar surface area (TPSA) is 75.9 Å². The summed E-state index contributed by atoms with van der Waals surface area (Å²) in [5.41, 5.74) is 6.73. The summed E-state index contributed by atoms with van der Waals surface area (Å²) in [6, 6.07) is 5.91. The Morgan fingerprint density at radius 2 is 1.91 bits per heavy atom. The van der Waals surface area contributed by atoms with Crippen molar-refractivity contribution in [2.24, 2.45) is 11.8 Å². The van der Waals surface area contributed by atoms with E-state index in [1.54, 1.807) is 17.1 Å². The lowest BCUT2D eigenvalue weighted by atomic mass is 10.1. The number of anilines is 1. The first-order chi connectivity index (χ1) is 16.7. The van der Waals surface area contributed by atoms with E-state index in [0.29, 0.717) is 25.2 Å². The number of carbonyl (C=O) groups is 1. The Kier molecular flexibility index (Phi) is 4.95. The highest BCUT2D eigenvalue weighted by atomic mass is 19.3. The SMILES string of the molecule is Cc1cc2c(c(C)n1)CC[C@H]2NC(=O)c1cnn(Cc2ccc(N3CC4C(C3)C4(F)F)nc2C)c1. The molecule has 3 aliphatic rings. The van der Waals surface area contributed by atoms with Crippen LogP contribution in [0.3, 0.4) is 0 Å². The molecule has 182 valence electrons. The summed E-state index contributed by atoms with van der Waals surface area (Å²) in [7, 11) is 0. The van der Waals surface area contributed by atoms with E-state index in [1.165, 1.54) is 5.56 Å². The third-order valence-corrected chi connectivity index (χ3v) is 7.79. The van der Waals surface area contributed by atoms with Crippen LogP contribution < -0.4 is 10.2 Å². The molecule has 0 radical (unpaired) electrons. The second-order valence-electron chi connectivity index (χ2n) is 10.1. The van der Waals surface area contributed by atoms with Crippen LogP contribution in [0.25, 0.3) is 0 Å². The molecule has 1 aliphatic heterocycles. The van der Waals surface area contributed by atoms with Crippen molar-refractivity contribution >= 4 is 11.7 Å². The number of rotatable bonds is 5. The van der Waals surface area contributed by atoms with Crippen molar-refractivity contribution in [1.29, 1.82) is 0 Å². The molecular formula is C26H28F2N6O. The Balaban J connectivity index is 1.11. The highest BCUT2D eigenvalue weighted by Crippen LogP contribution is 2.59. The molecule has 0 bridgehead atoms. The lowest BCUT2D eigenvalue weighted by molar-refractivity contribution is 0.0796. The number of piperidine rings is 1. The van der Waals surface area contributed by atoms with E-state index in [1.807, 2.05) is 37.8 Å². The van der Waals surface area contributed by atoms with Gasteiger partial charge in [-0.15, -0.1) is 0 Å². The van der Waals surface area contributed by atoms with E-state index < -0.39 is 17.8 Å². The van der Waals surface area contributed by atoms with Crippen molar-refractivity contribution < 1.29 is 13.6 Å². The lowest BCUT2D eigenvalue weighted by Crippen LogP contribution is -2.28. The van der Waals surface area contributed by atoms with Crippen LogP contribution in [0.2, 0.25) is 0 Å². The van der Waals surface area contributed by atoms with Crippen molar-refractivity contribution in [2.75, 3.05) is 18.0 Å². The number of nitrogens with one attached hydrogen (secondary N) is 1. The summed E-state index contributed by atoms with van der Waals surface area (Å²) in [6.07, 6.45) is 5.12. The number of fused-ring (bicyclic) bond motifs is 2. The second-order valence-corrected chi connectivity index (χ2v) is 10.1. The third kappa shape index (κ3) is 3.77. The van der Waals surface area contributed by atoms with Gasteiger partial charge in [-0.3, -0.25) is 14.5 Å². The molecule has 2 fully saturated rings. The highest BCUT2D eigenvalue weighted by molar-refractivity contribution is 5.94. The van der Waals surface area contributed by atoms with Crippen LogP contribution in [-0.2, 0) is 13.0 Å². The fraction of sp³-hybridized carbons (Fsp3) is 0.462. The summed E-state index contributed by atoms with van der Waals surface area (Å²) < 4.78 is 28.7. The molecule has 4 heterocycles. The maximum Gasteiger partial charge on any atom is 0.258 e. The number of hydrogen-bond acceptors (Lipinski definition) is 5. The van der Waals surface area contributed by atoms with Gasteiger partial charge < -0.3 is 10.2 Å². The van der Waals surface area contributed by atoms with Crippen LogP contribution in [0, 0.1) is 32.6 Å². The van der Waals surface area contributed by atoms with E-state index in [2.05, 4.69) is 26.4 Å². The van der Waals surface area contributed by atoms with Crippen LogP contribution >= 0.6 is 0 Å². The third-order valence-electron chi connectivity index (χ3n) is 7.79. The summed E-state index contributed by atoms with van der Waals surface area (Å²) in [6.45, 7) is 7.12. The van der Waals surface area contributed by atoms with Crippen molar-refractivity contribution in [3.05, 3.63) is 69.9 Å². The molecule has 1 saturated carbocycles. The van der Waals surface area contributed by atoms with Crippen LogP contribution in [0.1, 0.15) is 56.6 Å². The van der Waals surface area contributed by atoms with Gasteiger partial charge in [-0.05, 0) is 62.4 Å². The average molecular weight is 479 g/mol. The van der Waals surface area contributed by atoms with Crippen molar-refractivity contribution in [3.8, 4) is 0 Å². The number of aromatic nitrogens is 4. The Hall–Kier alpha value is -3.36. The Morgan fingerprint density at radius 3 is 2.66 bits per heavy atom. The second kappa shape index (κ2) is 7.83. The standard InChI is InChI=1S/C26H28F2N6O/c1-14-8-20-19(16(3)30-14)5-6-23(20)32-25(35)18-9-29-34(11-18)10-17-4-7-24(31-15(17)2)33-12-21-22(13-33)26(21,27)28/h4,7-9,11,21-23H,5-6,10,12-13H2,1-3H3,(H,32,35)/t21?,22?,23-/m1/s1. The van der Waals surface area contributed by atoms with E-state index in [9.17, 15) is 13.6 Å². The van der Waals surface area contributed by atoms with E-state index in [-0.39, 0.29) is 11.9 Å². The predicted octanol–water partition coefficient (Wildman–Crippen LogP) is 3.77. The Morgan fingerprint density at radius 1 is 1.14 bits per heavy atom. The van der Waals surface area contributed by atoms with Crippen LogP contribution in [-0.4, -0.2) is 44.7 Å². The predicted molar refractivity (Wildman–Crippen MR) is 127 cm³/mol. The monoisotopic (exact) mass is 478 g/mol. The number of halogens is 2. The van der Waals surface area contributed by atoms with Gasteiger partial charge in [-0.2, -0.15) is 5.10 Å². The zero-order valence-corrected chi connectivity index (χ0v) is 20.1. The first-order valence-electron chi connectivity index (χ1n) is 12.1. The summed E-state index contributed by atoms with van der Waals surface area (Å²) in [5.74, 6) is -2.95. The molecule has 2 aliphatic carbocycles. The summed E-state index contributed by atoms with van der Waals surface area (Å²) >= 11 is 0.